The molecule has 6 aromatic rings. The summed E-state index contributed by atoms with van der Waals surface area (Å²) in [6.07, 6.45) is 4.10. The van der Waals surface area contributed by atoms with Gasteiger partial charge in [-0.1, -0.05) is 72.8 Å². The first-order valence-electron chi connectivity index (χ1n) is 16.1. The first kappa shape index (κ1) is 30.6. The molecule has 0 saturated carbocycles. The van der Waals surface area contributed by atoms with Gasteiger partial charge in [0.15, 0.2) is 34.7 Å². The van der Waals surface area contributed by atoms with Gasteiger partial charge in [-0.15, -0.1) is 0 Å². The zero-order valence-corrected chi connectivity index (χ0v) is 26.7. The Morgan fingerprint density at radius 3 is 0.788 bits per heavy atom. The highest BCUT2D eigenvalue weighted by Gasteiger charge is 2.35. The zero-order chi connectivity index (χ0) is 35.7. The number of Topliss-reactive ketones (excluding diaryl/α,β-unsaturated/α-hetero) is 6. The first-order valence-corrected chi connectivity index (χ1v) is 16.1. The quantitative estimate of drug-likeness (QED) is 0.124. The summed E-state index contributed by atoms with van der Waals surface area (Å²) in [5.74, 6) is -1.51. The highest BCUT2D eigenvalue weighted by Crippen LogP contribution is 2.40. The van der Waals surface area contributed by atoms with E-state index in [1.165, 1.54) is 23.1 Å². The van der Waals surface area contributed by atoms with Crippen LogP contribution in [0.1, 0.15) is 79.4 Å². The minimum Gasteiger partial charge on any atom is -0.440 e. The third kappa shape index (κ3) is 4.73. The van der Waals surface area contributed by atoms with Crippen LogP contribution in [0.3, 0.4) is 0 Å². The van der Waals surface area contributed by atoms with Crippen LogP contribution in [0.4, 0.5) is 17.7 Å². The van der Waals surface area contributed by atoms with Crippen LogP contribution in [0.15, 0.2) is 139 Å². The van der Waals surface area contributed by atoms with E-state index < -0.39 is 34.7 Å². The molecule has 0 saturated heterocycles. The van der Waals surface area contributed by atoms with E-state index in [9.17, 15) is 28.8 Å². The second-order valence-corrected chi connectivity index (χ2v) is 12.1. The summed E-state index contributed by atoms with van der Waals surface area (Å²) in [4.78, 5) is 79.7. The van der Waals surface area contributed by atoms with Crippen LogP contribution >= 0.6 is 0 Å². The van der Waals surface area contributed by atoms with Crippen LogP contribution in [0.5, 0.6) is 0 Å². The molecule has 248 valence electrons. The van der Waals surface area contributed by atoms with Crippen molar-refractivity contribution in [3.63, 3.8) is 0 Å². The van der Waals surface area contributed by atoms with Gasteiger partial charge in [0, 0.05) is 51.6 Å². The molecule has 3 heterocycles. The molecule has 0 radical (unpaired) electrons. The molecule has 3 aliphatic carbocycles. The Morgan fingerprint density at radius 2 is 0.558 bits per heavy atom. The van der Waals surface area contributed by atoms with Crippen molar-refractivity contribution in [2.45, 2.75) is 0 Å². The van der Waals surface area contributed by atoms with Crippen LogP contribution in [0, 0.1) is 0 Å². The number of allylic oxidation sites excluding steroid dienone is 3. The molecule has 3 aromatic carbocycles. The van der Waals surface area contributed by atoms with Crippen LogP contribution < -0.4 is 4.90 Å². The highest BCUT2D eigenvalue weighted by atomic mass is 16.4. The smallest absolute Gasteiger partial charge is 0.209 e. The Balaban J connectivity index is 1.09. The van der Waals surface area contributed by atoms with Crippen molar-refractivity contribution in [1.29, 1.82) is 0 Å². The van der Waals surface area contributed by atoms with Crippen molar-refractivity contribution < 1.29 is 42.0 Å². The lowest BCUT2D eigenvalue weighted by atomic mass is 10.1. The summed E-state index contributed by atoms with van der Waals surface area (Å²) in [5, 5.41) is 0. The summed E-state index contributed by atoms with van der Waals surface area (Å²) in [7, 11) is 0. The maximum atomic E-state index is 13.0. The summed E-state index contributed by atoms with van der Waals surface area (Å²) < 4.78 is 18.4. The molecule has 0 atom stereocenters. The Bertz CT molecular complexity index is 2300. The molecule has 0 bridgehead atoms. The summed E-state index contributed by atoms with van der Waals surface area (Å²) >= 11 is 0. The molecule has 9 rings (SSSR count). The van der Waals surface area contributed by atoms with Gasteiger partial charge in [-0.3, -0.25) is 28.8 Å². The molecule has 0 N–H and O–H groups in total. The van der Waals surface area contributed by atoms with E-state index in [0.29, 0.717) is 33.4 Å². The van der Waals surface area contributed by atoms with Gasteiger partial charge in [0.2, 0.25) is 17.7 Å². The van der Waals surface area contributed by atoms with Gasteiger partial charge in [0.05, 0.1) is 16.7 Å². The van der Waals surface area contributed by atoms with Gasteiger partial charge in [-0.25, -0.2) is 4.90 Å². The molecular weight excluding hydrogens is 662 g/mol. The van der Waals surface area contributed by atoms with Crippen LogP contribution in [-0.2, 0) is 0 Å². The fourth-order valence-corrected chi connectivity index (χ4v) is 6.58. The summed E-state index contributed by atoms with van der Waals surface area (Å²) in [6.45, 7) is 0. The number of carbonyl (C=O) groups excluding carboxylic acids is 6. The number of hydrogen-bond donors (Lipinski definition) is 0. The van der Waals surface area contributed by atoms with Crippen molar-refractivity contribution in [1.82, 2.24) is 0 Å². The fraction of sp³-hybridized carbons (Fsp3) is 0. The van der Waals surface area contributed by atoms with Gasteiger partial charge < -0.3 is 13.3 Å². The van der Waals surface area contributed by atoms with E-state index in [2.05, 4.69) is 0 Å². The Labute approximate surface area is 293 Å². The lowest BCUT2D eigenvalue weighted by Crippen LogP contribution is -2.07. The van der Waals surface area contributed by atoms with Crippen molar-refractivity contribution in [3.05, 3.63) is 177 Å². The molecule has 0 spiro atoms. The molecule has 0 fully saturated rings. The Hall–Kier alpha value is -7.46. The lowest BCUT2D eigenvalue weighted by Gasteiger charge is -2.15. The highest BCUT2D eigenvalue weighted by molar-refractivity contribution is 6.42. The number of nitrogens with zero attached hydrogens (tertiary/aromatic N) is 1. The minimum atomic E-state index is -0.417. The zero-order valence-electron chi connectivity index (χ0n) is 26.7. The van der Waals surface area contributed by atoms with E-state index in [1.54, 1.807) is 109 Å². The third-order valence-electron chi connectivity index (χ3n) is 9.08. The van der Waals surface area contributed by atoms with Crippen LogP contribution in [-0.4, -0.2) is 34.7 Å². The van der Waals surface area contributed by atoms with Crippen molar-refractivity contribution >= 4 is 70.6 Å². The third-order valence-corrected chi connectivity index (χ3v) is 9.08. The first-order chi connectivity index (χ1) is 25.3. The largest absolute Gasteiger partial charge is 0.440 e. The maximum absolute atomic E-state index is 13.0. The van der Waals surface area contributed by atoms with Crippen molar-refractivity contribution in [2.75, 3.05) is 4.90 Å². The minimum absolute atomic E-state index is 0.0498. The number of rotatable bonds is 6. The number of hydrogen-bond acceptors (Lipinski definition) is 10. The van der Waals surface area contributed by atoms with Crippen LogP contribution in [0.25, 0.3) is 18.2 Å². The topological polar surface area (TPSA) is 145 Å². The second kappa shape index (κ2) is 11.6. The Kier molecular flexibility index (Phi) is 6.80. The molecule has 3 aromatic heterocycles. The van der Waals surface area contributed by atoms with E-state index >= 15 is 0 Å². The van der Waals surface area contributed by atoms with E-state index in [1.807, 2.05) is 0 Å². The monoisotopic (exact) mass is 683 g/mol. The predicted molar refractivity (Wildman–Crippen MR) is 187 cm³/mol. The maximum Gasteiger partial charge on any atom is 0.209 e. The number of fused-ring (bicyclic) bond motifs is 3. The van der Waals surface area contributed by atoms with Gasteiger partial charge in [-0.05, 0) is 36.4 Å². The van der Waals surface area contributed by atoms with Gasteiger partial charge in [-0.2, -0.15) is 0 Å². The lowest BCUT2D eigenvalue weighted by molar-refractivity contribution is 0.0974. The van der Waals surface area contributed by atoms with Gasteiger partial charge >= 0.3 is 0 Å². The average Bonchev–Trinajstić information content (AvgIpc) is 4.03. The number of ketones is 6. The normalized spacial score (nSPS) is 14.7. The van der Waals surface area contributed by atoms with E-state index in [4.69, 9.17) is 13.3 Å². The molecule has 3 aliphatic rings. The molecule has 10 heteroatoms. The predicted octanol–water partition coefficient (Wildman–Crippen LogP) is 8.32. The number of anilines is 3. The summed E-state index contributed by atoms with van der Waals surface area (Å²) in [6, 6.07) is 29.1. The van der Waals surface area contributed by atoms with E-state index in [0.717, 1.165) is 0 Å². The van der Waals surface area contributed by atoms with Crippen LogP contribution in [0.2, 0.25) is 0 Å². The SMILES string of the molecule is O=C1C(=Cc2ccc(N(c3ccc(C=C4C(=O)c5ccccc5C4=O)o3)c3ccc(C=C4C(=O)c5ccccc5C4=O)o3)o2)C(=O)c2ccccc21. The number of benzene rings is 3. The summed E-state index contributed by atoms with van der Waals surface area (Å²) in [5.41, 5.74) is 1.72. The molecule has 0 unspecified atom stereocenters. The van der Waals surface area contributed by atoms with Gasteiger partial charge in [0.1, 0.15) is 17.3 Å². The number of carbonyl (C=O) groups is 6. The molecule has 0 amide bonds. The molecule has 0 aliphatic heterocycles. The van der Waals surface area contributed by atoms with Crippen molar-refractivity contribution in [2.24, 2.45) is 0 Å². The molecular formula is C42H21NO9. The standard InChI is InChI=1S/C42H21NO9/c44-37-25-7-1-2-8-26(25)38(45)31(37)19-22-13-16-34(50-22)43(35-17-14-23(51-35)20-32-39(46)27-9-3-4-10-28(27)40(32)47)36-18-15-24(52-36)21-33-41(48)29-11-5-6-12-30(29)42(33)49/h1-21H. The number of furan rings is 3. The molecule has 10 nitrogen and oxygen atoms in total. The second-order valence-electron chi connectivity index (χ2n) is 12.1. The van der Waals surface area contributed by atoms with E-state index in [-0.39, 0.29) is 51.7 Å². The van der Waals surface area contributed by atoms with Crippen molar-refractivity contribution in [3.8, 4) is 0 Å². The molecule has 52 heavy (non-hydrogen) atoms. The fourth-order valence-electron chi connectivity index (χ4n) is 6.58. The average molecular weight is 684 g/mol. The van der Waals surface area contributed by atoms with Gasteiger partial charge in [0.25, 0.3) is 0 Å². The Morgan fingerprint density at radius 1 is 0.327 bits per heavy atom.